The Morgan fingerprint density at radius 3 is 2.72 bits per heavy atom. The molecule has 2 heteroatoms. The summed E-state index contributed by atoms with van der Waals surface area (Å²) in [4.78, 5) is 3.26. The fourth-order valence-electron chi connectivity index (χ4n) is 2.22. The van der Waals surface area contributed by atoms with Crippen LogP contribution in [-0.4, -0.2) is 4.98 Å². The minimum Gasteiger partial charge on any atom is -0.361 e. The molecule has 0 amide bonds. The molecule has 1 aromatic heterocycles. The van der Waals surface area contributed by atoms with E-state index >= 15 is 0 Å². The van der Waals surface area contributed by atoms with E-state index in [2.05, 4.69) is 36.2 Å². The minimum absolute atomic E-state index is 0.690. The number of hydrogen-bond donors (Lipinski definition) is 1. The monoisotopic (exact) mass is 232 g/mol. The molecule has 86 valence electrons. The zero-order valence-corrected chi connectivity index (χ0v) is 10.1. The van der Waals surface area contributed by atoms with Crippen molar-refractivity contribution in [2.45, 2.75) is 6.92 Å². The fraction of sp³-hybridized carbons (Fsp3) is 0.0625. The average Bonchev–Trinajstić information content (AvgIpc) is 2.80. The van der Waals surface area contributed by atoms with Crippen molar-refractivity contribution in [2.75, 3.05) is 0 Å². The summed E-state index contributed by atoms with van der Waals surface area (Å²) in [6.07, 6.45) is 2.01. The molecule has 2 nitrogen and oxygen atoms in total. The summed E-state index contributed by atoms with van der Waals surface area (Å²) in [5.41, 5.74) is 5.27. The van der Waals surface area contributed by atoms with E-state index < -0.39 is 0 Å². The topological polar surface area (TPSA) is 39.6 Å². The molecule has 0 unspecified atom stereocenters. The van der Waals surface area contributed by atoms with Crippen LogP contribution < -0.4 is 0 Å². The van der Waals surface area contributed by atoms with E-state index in [1.54, 1.807) is 0 Å². The van der Waals surface area contributed by atoms with Crippen molar-refractivity contribution in [1.29, 1.82) is 5.26 Å². The van der Waals surface area contributed by atoms with Gasteiger partial charge in [-0.25, -0.2) is 0 Å². The van der Waals surface area contributed by atoms with Crippen LogP contribution in [0.3, 0.4) is 0 Å². The number of aryl methyl sites for hydroxylation is 1. The molecule has 0 aliphatic carbocycles. The largest absolute Gasteiger partial charge is 0.361 e. The number of H-pyrrole nitrogens is 1. The average molecular weight is 232 g/mol. The van der Waals surface area contributed by atoms with Crippen LogP contribution in [-0.2, 0) is 0 Å². The van der Waals surface area contributed by atoms with Gasteiger partial charge in [-0.05, 0) is 41.8 Å². The van der Waals surface area contributed by atoms with E-state index in [0.717, 1.165) is 16.6 Å². The molecular weight excluding hydrogens is 220 g/mol. The number of rotatable bonds is 1. The fourth-order valence-corrected chi connectivity index (χ4v) is 2.22. The van der Waals surface area contributed by atoms with Crippen LogP contribution in [0.15, 0.2) is 48.7 Å². The maximum atomic E-state index is 8.93. The van der Waals surface area contributed by atoms with E-state index in [1.165, 1.54) is 10.9 Å². The lowest BCUT2D eigenvalue weighted by molar-refractivity contribution is 1.43. The molecule has 0 bridgehead atoms. The van der Waals surface area contributed by atoms with Gasteiger partial charge < -0.3 is 4.98 Å². The second-order valence-electron chi connectivity index (χ2n) is 4.42. The Balaban J connectivity index is 2.16. The molecule has 0 atom stereocenters. The van der Waals surface area contributed by atoms with Crippen LogP contribution >= 0.6 is 0 Å². The van der Waals surface area contributed by atoms with Crippen LogP contribution in [0.4, 0.5) is 0 Å². The Morgan fingerprint density at radius 2 is 1.89 bits per heavy atom. The summed E-state index contributed by atoms with van der Waals surface area (Å²) in [5, 5.41) is 10.2. The first kappa shape index (κ1) is 10.6. The molecule has 3 aromatic rings. The van der Waals surface area contributed by atoms with Gasteiger partial charge in [-0.3, -0.25) is 0 Å². The number of nitrogens with zero attached hydrogens (tertiary/aromatic N) is 1. The lowest BCUT2D eigenvalue weighted by atomic mass is 10.0. The summed E-state index contributed by atoms with van der Waals surface area (Å²) in [7, 11) is 0. The lowest BCUT2D eigenvalue weighted by Crippen LogP contribution is -1.80. The number of nitriles is 1. The second-order valence-corrected chi connectivity index (χ2v) is 4.42. The maximum absolute atomic E-state index is 8.93. The quantitative estimate of drug-likeness (QED) is 0.676. The Morgan fingerprint density at radius 1 is 1.06 bits per heavy atom. The van der Waals surface area contributed by atoms with Crippen LogP contribution in [0.5, 0.6) is 0 Å². The highest BCUT2D eigenvalue weighted by Crippen LogP contribution is 2.26. The lowest BCUT2D eigenvalue weighted by Gasteiger charge is -2.02. The molecule has 0 saturated heterocycles. The molecule has 0 fully saturated rings. The number of hydrogen-bond acceptors (Lipinski definition) is 1. The van der Waals surface area contributed by atoms with Crippen LogP contribution in [0, 0.1) is 18.3 Å². The van der Waals surface area contributed by atoms with Gasteiger partial charge in [0.1, 0.15) is 0 Å². The molecule has 1 N–H and O–H groups in total. The summed E-state index contributed by atoms with van der Waals surface area (Å²) in [6, 6.07) is 16.2. The van der Waals surface area contributed by atoms with Crippen LogP contribution in [0.1, 0.15) is 11.1 Å². The van der Waals surface area contributed by atoms with Crippen molar-refractivity contribution in [3.05, 3.63) is 59.8 Å². The second kappa shape index (κ2) is 4.05. The Kier molecular flexibility index (Phi) is 2.39. The van der Waals surface area contributed by atoms with E-state index in [0.29, 0.717) is 5.56 Å². The highest BCUT2D eigenvalue weighted by Gasteiger charge is 2.03. The number of aromatic nitrogens is 1. The third-order valence-corrected chi connectivity index (χ3v) is 3.21. The zero-order chi connectivity index (χ0) is 12.5. The number of aromatic amines is 1. The number of benzene rings is 2. The van der Waals surface area contributed by atoms with E-state index in [4.69, 9.17) is 5.26 Å². The third-order valence-electron chi connectivity index (χ3n) is 3.21. The predicted molar refractivity (Wildman–Crippen MR) is 73.2 cm³/mol. The molecule has 0 aliphatic heterocycles. The van der Waals surface area contributed by atoms with Gasteiger partial charge in [-0.15, -0.1) is 0 Å². The normalized spacial score (nSPS) is 10.4. The summed E-state index contributed by atoms with van der Waals surface area (Å²) in [6.45, 7) is 2.09. The standard InChI is InChI=1S/C16H12N2/c1-11-10-18-16-8-14(5-6-15(11)16)13-4-2-3-12(7-13)9-17/h2-8,10,18H,1H3. The van der Waals surface area contributed by atoms with Crippen molar-refractivity contribution >= 4 is 10.9 Å². The zero-order valence-electron chi connectivity index (χ0n) is 10.1. The minimum atomic E-state index is 0.690. The highest BCUT2D eigenvalue weighted by molar-refractivity contribution is 5.87. The molecule has 0 saturated carbocycles. The summed E-state index contributed by atoms with van der Waals surface area (Å²) < 4.78 is 0. The van der Waals surface area contributed by atoms with Crippen molar-refractivity contribution in [1.82, 2.24) is 4.98 Å². The Bertz CT molecular complexity index is 760. The van der Waals surface area contributed by atoms with Crippen LogP contribution in [0.2, 0.25) is 0 Å². The van der Waals surface area contributed by atoms with Crippen molar-refractivity contribution in [3.63, 3.8) is 0 Å². The van der Waals surface area contributed by atoms with Crippen molar-refractivity contribution < 1.29 is 0 Å². The SMILES string of the molecule is Cc1c[nH]c2cc(-c3cccc(C#N)c3)ccc12. The molecule has 0 aliphatic rings. The van der Waals surface area contributed by atoms with Gasteiger partial charge in [0.2, 0.25) is 0 Å². The Hall–Kier alpha value is -2.53. The molecule has 18 heavy (non-hydrogen) atoms. The third kappa shape index (κ3) is 1.66. The highest BCUT2D eigenvalue weighted by atomic mass is 14.7. The molecule has 0 spiro atoms. The van der Waals surface area contributed by atoms with Gasteiger partial charge in [-0.1, -0.05) is 24.3 Å². The van der Waals surface area contributed by atoms with Crippen molar-refractivity contribution in [2.24, 2.45) is 0 Å². The number of nitrogens with one attached hydrogen (secondary N) is 1. The van der Waals surface area contributed by atoms with E-state index in [-0.39, 0.29) is 0 Å². The molecule has 3 rings (SSSR count). The van der Waals surface area contributed by atoms with Gasteiger partial charge in [0, 0.05) is 17.1 Å². The van der Waals surface area contributed by atoms with Gasteiger partial charge >= 0.3 is 0 Å². The summed E-state index contributed by atoms with van der Waals surface area (Å²) >= 11 is 0. The number of fused-ring (bicyclic) bond motifs is 1. The smallest absolute Gasteiger partial charge is 0.0991 e. The van der Waals surface area contributed by atoms with E-state index in [9.17, 15) is 0 Å². The first-order valence-electron chi connectivity index (χ1n) is 5.86. The molecular formula is C16H12N2. The van der Waals surface area contributed by atoms with Gasteiger partial charge in [0.15, 0.2) is 0 Å². The Labute approximate surface area is 106 Å². The van der Waals surface area contributed by atoms with Crippen molar-refractivity contribution in [3.8, 4) is 17.2 Å². The van der Waals surface area contributed by atoms with Gasteiger partial charge in [-0.2, -0.15) is 5.26 Å². The summed E-state index contributed by atoms with van der Waals surface area (Å²) in [5.74, 6) is 0. The first-order valence-corrected chi connectivity index (χ1v) is 5.86. The van der Waals surface area contributed by atoms with E-state index in [1.807, 2.05) is 30.5 Å². The maximum Gasteiger partial charge on any atom is 0.0991 e. The van der Waals surface area contributed by atoms with Gasteiger partial charge in [0.05, 0.1) is 11.6 Å². The van der Waals surface area contributed by atoms with Crippen LogP contribution in [0.25, 0.3) is 22.0 Å². The molecule has 1 heterocycles. The molecule has 2 aromatic carbocycles. The van der Waals surface area contributed by atoms with Gasteiger partial charge in [0.25, 0.3) is 0 Å². The molecule has 0 radical (unpaired) electrons. The first-order chi connectivity index (χ1) is 8.78. The predicted octanol–water partition coefficient (Wildman–Crippen LogP) is 4.02.